The van der Waals surface area contributed by atoms with Gasteiger partial charge in [0, 0.05) is 5.69 Å². The molecular formula is C14H15NO. The molecule has 2 rings (SSSR count). The predicted octanol–water partition coefficient (Wildman–Crippen LogP) is 3.68. The Kier molecular flexibility index (Phi) is 2.82. The molecule has 0 saturated heterocycles. The topological polar surface area (TPSA) is 35.2 Å². The molecule has 0 aromatic heterocycles. The van der Waals surface area contributed by atoms with E-state index in [-0.39, 0.29) is 0 Å². The average Bonchev–Trinajstić information content (AvgIpc) is 2.25. The number of nitrogen functional groups attached to an aromatic ring is 1. The monoisotopic (exact) mass is 213 g/mol. The zero-order chi connectivity index (χ0) is 11.5. The van der Waals surface area contributed by atoms with Crippen molar-refractivity contribution >= 4 is 5.69 Å². The number of hydrogen-bond acceptors (Lipinski definition) is 2. The molecule has 0 aliphatic carbocycles. The quantitative estimate of drug-likeness (QED) is 0.772. The molecule has 0 radical (unpaired) electrons. The number of anilines is 1. The van der Waals surface area contributed by atoms with Crippen LogP contribution in [-0.2, 0) is 0 Å². The van der Waals surface area contributed by atoms with Gasteiger partial charge >= 0.3 is 0 Å². The second-order valence-corrected chi connectivity index (χ2v) is 3.90. The minimum Gasteiger partial charge on any atom is -0.457 e. The van der Waals surface area contributed by atoms with Crippen molar-refractivity contribution < 1.29 is 4.74 Å². The van der Waals surface area contributed by atoms with Gasteiger partial charge in [0.1, 0.15) is 11.5 Å². The van der Waals surface area contributed by atoms with Crippen LogP contribution in [0, 0.1) is 13.8 Å². The third-order valence-corrected chi connectivity index (χ3v) is 2.45. The Morgan fingerprint density at radius 1 is 0.938 bits per heavy atom. The molecule has 0 atom stereocenters. The van der Waals surface area contributed by atoms with E-state index in [0.717, 1.165) is 28.3 Å². The Labute approximate surface area is 95.7 Å². The van der Waals surface area contributed by atoms with Gasteiger partial charge < -0.3 is 10.5 Å². The second kappa shape index (κ2) is 4.27. The molecule has 0 spiro atoms. The van der Waals surface area contributed by atoms with Crippen molar-refractivity contribution in [1.82, 2.24) is 0 Å². The lowest BCUT2D eigenvalue weighted by atomic mass is 10.1. The molecular weight excluding hydrogens is 198 g/mol. The maximum atomic E-state index is 5.84. The third kappa shape index (κ3) is 2.16. The third-order valence-electron chi connectivity index (χ3n) is 2.45. The highest BCUT2D eigenvalue weighted by molar-refractivity contribution is 5.53. The summed E-state index contributed by atoms with van der Waals surface area (Å²) in [5.41, 5.74) is 8.65. The number of rotatable bonds is 2. The number of aryl methyl sites for hydroxylation is 2. The smallest absolute Gasteiger partial charge is 0.133 e. The molecule has 2 heteroatoms. The summed E-state index contributed by atoms with van der Waals surface area (Å²) < 4.78 is 5.84. The fraction of sp³-hybridized carbons (Fsp3) is 0.143. The maximum absolute atomic E-state index is 5.84. The van der Waals surface area contributed by atoms with Crippen molar-refractivity contribution in [3.05, 3.63) is 53.6 Å². The number of benzene rings is 2. The number of ether oxygens (including phenoxy) is 1. The van der Waals surface area contributed by atoms with Crippen LogP contribution in [0.2, 0.25) is 0 Å². The minimum atomic E-state index is 0.774. The van der Waals surface area contributed by atoms with E-state index in [1.807, 2.05) is 56.3 Å². The summed E-state index contributed by atoms with van der Waals surface area (Å²) >= 11 is 0. The van der Waals surface area contributed by atoms with Gasteiger partial charge in [0.2, 0.25) is 0 Å². The van der Waals surface area contributed by atoms with Gasteiger partial charge in [0.25, 0.3) is 0 Å². The van der Waals surface area contributed by atoms with Gasteiger partial charge in [-0.25, -0.2) is 0 Å². The van der Waals surface area contributed by atoms with Crippen molar-refractivity contribution in [3.8, 4) is 11.5 Å². The van der Waals surface area contributed by atoms with Crippen molar-refractivity contribution in [3.63, 3.8) is 0 Å². The minimum absolute atomic E-state index is 0.774. The van der Waals surface area contributed by atoms with Crippen LogP contribution in [0.1, 0.15) is 11.1 Å². The molecule has 0 amide bonds. The van der Waals surface area contributed by atoms with Crippen LogP contribution in [0.4, 0.5) is 5.69 Å². The number of nitrogens with two attached hydrogens (primary N) is 1. The van der Waals surface area contributed by atoms with E-state index in [1.54, 1.807) is 0 Å². The molecule has 16 heavy (non-hydrogen) atoms. The summed E-state index contributed by atoms with van der Waals surface area (Å²) in [7, 11) is 0. The lowest BCUT2D eigenvalue weighted by Gasteiger charge is -2.12. The van der Waals surface area contributed by atoms with Crippen LogP contribution in [0.15, 0.2) is 42.5 Å². The van der Waals surface area contributed by atoms with Gasteiger partial charge in [-0.3, -0.25) is 0 Å². The molecule has 0 saturated carbocycles. The van der Waals surface area contributed by atoms with Gasteiger partial charge in [0.05, 0.1) is 0 Å². The van der Waals surface area contributed by atoms with Crippen molar-refractivity contribution in [2.24, 2.45) is 0 Å². The molecule has 82 valence electrons. The van der Waals surface area contributed by atoms with E-state index in [4.69, 9.17) is 10.5 Å². The van der Waals surface area contributed by atoms with Gasteiger partial charge in [0.15, 0.2) is 0 Å². The van der Waals surface area contributed by atoms with E-state index >= 15 is 0 Å². The van der Waals surface area contributed by atoms with Crippen LogP contribution in [-0.4, -0.2) is 0 Å². The molecule has 2 N–H and O–H groups in total. The van der Waals surface area contributed by atoms with Crippen LogP contribution in [0.5, 0.6) is 11.5 Å². The largest absolute Gasteiger partial charge is 0.457 e. The van der Waals surface area contributed by atoms with E-state index in [2.05, 4.69) is 0 Å². The fourth-order valence-corrected chi connectivity index (χ4v) is 1.75. The van der Waals surface area contributed by atoms with E-state index < -0.39 is 0 Å². The summed E-state index contributed by atoms with van der Waals surface area (Å²) in [5.74, 6) is 1.74. The molecule has 0 heterocycles. The first-order valence-electron chi connectivity index (χ1n) is 5.26. The standard InChI is InChI=1S/C14H15NO/c1-10-8-12(15)9-11(2)14(10)16-13-6-4-3-5-7-13/h3-9H,15H2,1-2H3. The van der Waals surface area contributed by atoms with Crippen LogP contribution in [0.3, 0.4) is 0 Å². The van der Waals surface area contributed by atoms with Gasteiger partial charge in [-0.05, 0) is 49.2 Å². The first kappa shape index (κ1) is 10.6. The van der Waals surface area contributed by atoms with E-state index in [1.165, 1.54) is 0 Å². The summed E-state index contributed by atoms with van der Waals surface area (Å²) in [6.07, 6.45) is 0. The fourth-order valence-electron chi connectivity index (χ4n) is 1.75. The van der Waals surface area contributed by atoms with Crippen LogP contribution >= 0.6 is 0 Å². The first-order valence-corrected chi connectivity index (χ1v) is 5.26. The van der Waals surface area contributed by atoms with E-state index in [9.17, 15) is 0 Å². The summed E-state index contributed by atoms with van der Waals surface area (Å²) in [5, 5.41) is 0. The van der Waals surface area contributed by atoms with Crippen molar-refractivity contribution in [2.45, 2.75) is 13.8 Å². The molecule has 0 fully saturated rings. The molecule has 0 aliphatic rings. The van der Waals surface area contributed by atoms with Crippen molar-refractivity contribution in [1.29, 1.82) is 0 Å². The molecule has 0 aliphatic heterocycles. The highest BCUT2D eigenvalue weighted by Crippen LogP contribution is 2.30. The Morgan fingerprint density at radius 3 is 2.06 bits per heavy atom. The average molecular weight is 213 g/mol. The van der Waals surface area contributed by atoms with Gasteiger partial charge in [-0.15, -0.1) is 0 Å². The number of hydrogen-bond donors (Lipinski definition) is 1. The Morgan fingerprint density at radius 2 is 1.50 bits per heavy atom. The van der Waals surface area contributed by atoms with Crippen LogP contribution in [0.25, 0.3) is 0 Å². The number of para-hydroxylation sites is 1. The van der Waals surface area contributed by atoms with Crippen molar-refractivity contribution in [2.75, 3.05) is 5.73 Å². The molecule has 2 nitrogen and oxygen atoms in total. The zero-order valence-corrected chi connectivity index (χ0v) is 9.53. The van der Waals surface area contributed by atoms with E-state index in [0.29, 0.717) is 0 Å². The highest BCUT2D eigenvalue weighted by atomic mass is 16.5. The Balaban J connectivity index is 2.35. The molecule has 2 aromatic carbocycles. The predicted molar refractivity (Wildman–Crippen MR) is 66.8 cm³/mol. The first-order chi connectivity index (χ1) is 7.66. The normalized spacial score (nSPS) is 10.1. The maximum Gasteiger partial charge on any atom is 0.133 e. The lowest BCUT2D eigenvalue weighted by Crippen LogP contribution is -1.94. The second-order valence-electron chi connectivity index (χ2n) is 3.90. The Hall–Kier alpha value is -1.96. The molecule has 0 bridgehead atoms. The molecule has 0 unspecified atom stereocenters. The lowest BCUT2D eigenvalue weighted by molar-refractivity contribution is 0.475. The van der Waals surface area contributed by atoms with Gasteiger partial charge in [-0.2, -0.15) is 0 Å². The summed E-state index contributed by atoms with van der Waals surface area (Å²) in [4.78, 5) is 0. The summed E-state index contributed by atoms with van der Waals surface area (Å²) in [6, 6.07) is 13.6. The summed E-state index contributed by atoms with van der Waals surface area (Å²) in [6.45, 7) is 4.00. The highest BCUT2D eigenvalue weighted by Gasteiger charge is 2.06. The van der Waals surface area contributed by atoms with Crippen LogP contribution < -0.4 is 10.5 Å². The zero-order valence-electron chi connectivity index (χ0n) is 9.53. The Bertz CT molecular complexity index is 468. The van der Waals surface area contributed by atoms with Gasteiger partial charge in [-0.1, -0.05) is 18.2 Å². The molecule has 2 aromatic rings. The SMILES string of the molecule is Cc1cc(N)cc(C)c1Oc1ccccc1.